The number of pyridine rings is 1. The van der Waals surface area contributed by atoms with E-state index in [1.54, 1.807) is 13.3 Å². The number of hydrogen-bond acceptors (Lipinski definition) is 6. The van der Waals surface area contributed by atoms with Crippen molar-refractivity contribution in [3.8, 4) is 0 Å². The molecule has 6 nitrogen and oxygen atoms in total. The maximum absolute atomic E-state index is 13.5. The Labute approximate surface area is 185 Å². The SMILES string of the molecule is CCCCc1nc2c(sc3nc(C)cc(COC)c32)c(=O)n1/N=C\c1ccc(C)cc1. The Hall–Kier alpha value is -2.90. The summed E-state index contributed by atoms with van der Waals surface area (Å²) in [6.45, 7) is 6.57. The second kappa shape index (κ2) is 9.08. The van der Waals surface area contributed by atoms with E-state index in [4.69, 9.17) is 9.72 Å². The molecule has 0 fully saturated rings. The highest BCUT2D eigenvalue weighted by atomic mass is 32.1. The van der Waals surface area contributed by atoms with Crippen LogP contribution in [0.4, 0.5) is 0 Å². The third-order valence-corrected chi connectivity index (χ3v) is 6.23. The summed E-state index contributed by atoms with van der Waals surface area (Å²) in [6.07, 6.45) is 4.34. The number of methoxy groups -OCH3 is 1. The van der Waals surface area contributed by atoms with E-state index in [9.17, 15) is 4.79 Å². The molecule has 3 aromatic heterocycles. The minimum atomic E-state index is -0.150. The van der Waals surface area contributed by atoms with Crippen LogP contribution in [0.3, 0.4) is 0 Å². The van der Waals surface area contributed by atoms with Crippen molar-refractivity contribution in [1.29, 1.82) is 0 Å². The lowest BCUT2D eigenvalue weighted by atomic mass is 10.1. The van der Waals surface area contributed by atoms with Crippen molar-refractivity contribution in [1.82, 2.24) is 14.6 Å². The Morgan fingerprint density at radius 3 is 2.68 bits per heavy atom. The summed E-state index contributed by atoms with van der Waals surface area (Å²) in [5, 5.41) is 5.45. The van der Waals surface area contributed by atoms with E-state index >= 15 is 0 Å². The predicted molar refractivity (Wildman–Crippen MR) is 127 cm³/mol. The number of aromatic nitrogens is 3. The molecular formula is C24H26N4O2S. The van der Waals surface area contributed by atoms with Crippen molar-refractivity contribution >= 4 is 38.0 Å². The minimum absolute atomic E-state index is 0.150. The molecule has 7 heteroatoms. The summed E-state index contributed by atoms with van der Waals surface area (Å²) in [7, 11) is 1.67. The quantitative estimate of drug-likeness (QED) is 0.384. The Morgan fingerprint density at radius 1 is 1.19 bits per heavy atom. The Morgan fingerprint density at radius 2 is 1.97 bits per heavy atom. The van der Waals surface area contributed by atoms with Crippen molar-refractivity contribution < 1.29 is 4.74 Å². The molecule has 31 heavy (non-hydrogen) atoms. The molecule has 0 saturated heterocycles. The van der Waals surface area contributed by atoms with Gasteiger partial charge in [0.1, 0.15) is 15.4 Å². The molecule has 0 radical (unpaired) electrons. The maximum atomic E-state index is 13.5. The predicted octanol–water partition coefficient (Wildman–Crippen LogP) is 4.99. The van der Waals surface area contributed by atoms with Crippen LogP contribution in [-0.4, -0.2) is 28.0 Å². The zero-order valence-electron chi connectivity index (χ0n) is 18.3. The van der Waals surface area contributed by atoms with Gasteiger partial charge in [-0.15, -0.1) is 11.3 Å². The lowest BCUT2D eigenvalue weighted by molar-refractivity contribution is 0.186. The molecule has 4 aromatic rings. The number of aryl methyl sites for hydroxylation is 3. The number of benzene rings is 1. The molecule has 0 amide bonds. The van der Waals surface area contributed by atoms with E-state index < -0.39 is 0 Å². The van der Waals surface area contributed by atoms with Gasteiger partial charge in [0.15, 0.2) is 0 Å². The first-order valence-electron chi connectivity index (χ1n) is 10.5. The number of ether oxygens (including phenoxy) is 1. The lowest BCUT2D eigenvalue weighted by Gasteiger charge is -2.08. The van der Waals surface area contributed by atoms with Gasteiger partial charge in [0, 0.05) is 24.6 Å². The fraction of sp³-hybridized carbons (Fsp3) is 0.333. The molecule has 0 aliphatic heterocycles. The summed E-state index contributed by atoms with van der Waals surface area (Å²) < 4.78 is 7.43. The van der Waals surface area contributed by atoms with Gasteiger partial charge in [0.25, 0.3) is 5.56 Å². The van der Waals surface area contributed by atoms with Crippen molar-refractivity contribution in [2.24, 2.45) is 5.10 Å². The van der Waals surface area contributed by atoms with Crippen LogP contribution in [0, 0.1) is 13.8 Å². The fourth-order valence-electron chi connectivity index (χ4n) is 3.60. The molecule has 0 N–H and O–H groups in total. The molecule has 0 atom stereocenters. The first kappa shape index (κ1) is 21.3. The molecule has 0 spiro atoms. The minimum Gasteiger partial charge on any atom is -0.380 e. The van der Waals surface area contributed by atoms with Crippen LogP contribution >= 0.6 is 11.3 Å². The summed E-state index contributed by atoms with van der Waals surface area (Å²) in [6, 6.07) is 10.0. The number of nitrogens with zero attached hydrogens (tertiary/aromatic N) is 4. The number of unbranched alkanes of at least 4 members (excludes halogenated alkanes) is 1. The van der Waals surface area contributed by atoms with Gasteiger partial charge >= 0.3 is 0 Å². The van der Waals surface area contributed by atoms with Gasteiger partial charge in [-0.3, -0.25) is 4.79 Å². The zero-order chi connectivity index (χ0) is 22.0. The van der Waals surface area contributed by atoms with Crippen molar-refractivity contribution in [2.45, 2.75) is 46.6 Å². The molecule has 0 saturated carbocycles. The standard InChI is InChI=1S/C24H26N4O2S/c1-5-6-7-19-27-21-20-18(14-30-4)12-16(3)26-23(20)31-22(21)24(29)28(19)25-13-17-10-8-15(2)9-11-17/h8-13H,5-7,14H2,1-4H3/b25-13-. The van der Waals surface area contributed by atoms with Gasteiger partial charge in [-0.1, -0.05) is 43.2 Å². The molecular weight excluding hydrogens is 408 g/mol. The Balaban J connectivity index is 1.93. The maximum Gasteiger partial charge on any atom is 0.292 e. The molecule has 0 aliphatic rings. The average molecular weight is 435 g/mol. The molecule has 4 rings (SSSR count). The topological polar surface area (TPSA) is 69.4 Å². The van der Waals surface area contributed by atoms with Crippen molar-refractivity contribution in [3.63, 3.8) is 0 Å². The highest BCUT2D eigenvalue weighted by molar-refractivity contribution is 7.25. The van der Waals surface area contributed by atoms with Gasteiger partial charge in [0.2, 0.25) is 0 Å². The third kappa shape index (κ3) is 4.29. The smallest absolute Gasteiger partial charge is 0.292 e. The largest absolute Gasteiger partial charge is 0.380 e. The van der Waals surface area contributed by atoms with Crippen LogP contribution in [0.2, 0.25) is 0 Å². The average Bonchev–Trinajstić information content (AvgIpc) is 3.11. The Bertz CT molecular complexity index is 1320. The summed E-state index contributed by atoms with van der Waals surface area (Å²) >= 11 is 1.38. The second-order valence-corrected chi connectivity index (χ2v) is 8.72. The number of rotatable bonds is 7. The fourth-order valence-corrected chi connectivity index (χ4v) is 4.73. The van der Waals surface area contributed by atoms with Gasteiger partial charge < -0.3 is 4.74 Å². The third-order valence-electron chi connectivity index (χ3n) is 5.17. The zero-order valence-corrected chi connectivity index (χ0v) is 19.1. The molecule has 3 heterocycles. The van der Waals surface area contributed by atoms with Crippen LogP contribution < -0.4 is 5.56 Å². The molecule has 0 aliphatic carbocycles. The second-order valence-electron chi connectivity index (χ2n) is 7.72. The summed E-state index contributed by atoms with van der Waals surface area (Å²) in [5.41, 5.74) is 4.58. The van der Waals surface area contributed by atoms with E-state index in [0.29, 0.717) is 29.1 Å². The summed E-state index contributed by atoms with van der Waals surface area (Å²) in [4.78, 5) is 23.9. The number of thiophene rings is 1. The summed E-state index contributed by atoms with van der Waals surface area (Å²) in [5.74, 6) is 0.673. The number of hydrogen-bond donors (Lipinski definition) is 0. The van der Waals surface area contributed by atoms with E-state index in [-0.39, 0.29) is 5.56 Å². The van der Waals surface area contributed by atoms with Crippen molar-refractivity contribution in [3.05, 3.63) is 68.9 Å². The van der Waals surface area contributed by atoms with Gasteiger partial charge in [-0.25, -0.2) is 9.97 Å². The number of fused-ring (bicyclic) bond motifs is 3. The first-order chi connectivity index (χ1) is 15.0. The van der Waals surface area contributed by atoms with Gasteiger partial charge in [-0.2, -0.15) is 9.78 Å². The van der Waals surface area contributed by atoms with Crippen molar-refractivity contribution in [2.75, 3.05) is 7.11 Å². The molecule has 0 bridgehead atoms. The van der Waals surface area contributed by atoms with Crippen LogP contribution in [0.25, 0.3) is 20.4 Å². The molecule has 0 unspecified atom stereocenters. The van der Waals surface area contributed by atoms with E-state index in [1.807, 2.05) is 44.2 Å². The highest BCUT2D eigenvalue weighted by Crippen LogP contribution is 2.33. The van der Waals surface area contributed by atoms with E-state index in [2.05, 4.69) is 17.0 Å². The van der Waals surface area contributed by atoms with Crippen LogP contribution in [0.5, 0.6) is 0 Å². The van der Waals surface area contributed by atoms with Crippen LogP contribution in [0.1, 0.15) is 48.0 Å². The lowest BCUT2D eigenvalue weighted by Crippen LogP contribution is -2.21. The monoisotopic (exact) mass is 434 g/mol. The van der Waals surface area contributed by atoms with Gasteiger partial charge in [-0.05, 0) is 37.5 Å². The van der Waals surface area contributed by atoms with Crippen LogP contribution in [0.15, 0.2) is 40.2 Å². The Kier molecular flexibility index (Phi) is 6.25. The van der Waals surface area contributed by atoms with E-state index in [0.717, 1.165) is 39.9 Å². The van der Waals surface area contributed by atoms with Crippen LogP contribution in [-0.2, 0) is 17.8 Å². The molecule has 160 valence electrons. The highest BCUT2D eigenvalue weighted by Gasteiger charge is 2.19. The van der Waals surface area contributed by atoms with E-state index in [1.165, 1.54) is 21.6 Å². The van der Waals surface area contributed by atoms with Gasteiger partial charge in [0.05, 0.1) is 18.3 Å². The molecule has 1 aromatic carbocycles. The normalized spacial score (nSPS) is 11.9. The first-order valence-corrected chi connectivity index (χ1v) is 11.3.